The molecule has 0 atom stereocenters. The Morgan fingerprint density at radius 2 is 1.77 bits per heavy atom. The summed E-state index contributed by atoms with van der Waals surface area (Å²) < 4.78 is 36.6. The minimum Gasteiger partial charge on any atom is -0.493 e. The Labute approximate surface area is 153 Å². The lowest BCUT2D eigenvalue weighted by Gasteiger charge is -2.18. The summed E-state index contributed by atoms with van der Waals surface area (Å²) in [4.78, 5) is 12.2. The average Bonchev–Trinajstić information content (AvgIpc) is 2.60. The van der Waals surface area contributed by atoms with Gasteiger partial charge in [-0.1, -0.05) is 12.1 Å². The van der Waals surface area contributed by atoms with Crippen LogP contribution in [0.3, 0.4) is 0 Å². The summed E-state index contributed by atoms with van der Waals surface area (Å²) in [5, 5.41) is 2.69. The topological polar surface area (TPSA) is 84.9 Å². The third-order valence-electron chi connectivity index (χ3n) is 3.73. The van der Waals surface area contributed by atoms with Gasteiger partial charge in [0.05, 0.1) is 25.7 Å². The van der Waals surface area contributed by atoms with Crippen molar-refractivity contribution in [3.8, 4) is 11.5 Å². The zero-order chi connectivity index (χ0) is 19.3. The van der Waals surface area contributed by atoms with Crippen LogP contribution in [0.15, 0.2) is 47.4 Å². The average molecular weight is 378 g/mol. The largest absolute Gasteiger partial charge is 0.493 e. The summed E-state index contributed by atoms with van der Waals surface area (Å²) in [6, 6.07) is 11.5. The number of nitrogens with one attached hydrogen (secondary N) is 1. The Kier molecular flexibility index (Phi) is 6.23. The van der Waals surface area contributed by atoms with Crippen LogP contribution in [0.5, 0.6) is 11.5 Å². The number of aryl methyl sites for hydroxylation is 1. The van der Waals surface area contributed by atoms with Gasteiger partial charge in [-0.05, 0) is 36.8 Å². The predicted molar refractivity (Wildman–Crippen MR) is 99.2 cm³/mol. The lowest BCUT2D eigenvalue weighted by molar-refractivity contribution is -0.116. The number of likely N-dealkylation sites (N-methyl/N-ethyl adjacent to an activating group) is 1. The first-order chi connectivity index (χ1) is 12.3. The quantitative estimate of drug-likeness (QED) is 0.799. The molecule has 2 aromatic rings. The van der Waals surface area contributed by atoms with E-state index in [1.165, 1.54) is 39.5 Å². The molecule has 1 amide bonds. The van der Waals surface area contributed by atoms with E-state index < -0.39 is 15.9 Å². The van der Waals surface area contributed by atoms with Gasteiger partial charge in [0.1, 0.15) is 0 Å². The van der Waals surface area contributed by atoms with Crippen molar-refractivity contribution in [2.75, 3.05) is 33.1 Å². The van der Waals surface area contributed by atoms with Crippen LogP contribution in [-0.2, 0) is 14.8 Å². The second kappa shape index (κ2) is 8.20. The van der Waals surface area contributed by atoms with Crippen molar-refractivity contribution in [2.24, 2.45) is 0 Å². The van der Waals surface area contributed by atoms with E-state index in [9.17, 15) is 13.2 Å². The molecule has 0 bridgehead atoms. The van der Waals surface area contributed by atoms with Gasteiger partial charge in [0, 0.05) is 18.8 Å². The zero-order valence-corrected chi connectivity index (χ0v) is 16.0. The highest BCUT2D eigenvalue weighted by Crippen LogP contribution is 2.30. The van der Waals surface area contributed by atoms with E-state index >= 15 is 0 Å². The Bertz CT molecular complexity index is 896. The Morgan fingerprint density at radius 1 is 1.08 bits per heavy atom. The highest BCUT2D eigenvalue weighted by Gasteiger charge is 2.24. The standard InChI is InChI=1S/C18H22N2O5S/c1-13-6-5-7-14(10-13)19-18(21)12-20(2)26(22,23)15-8-9-16(24-3)17(11-15)25-4/h5-11H,12H2,1-4H3,(H,19,21). The van der Waals surface area contributed by atoms with Gasteiger partial charge in [-0.2, -0.15) is 4.31 Å². The number of benzene rings is 2. The number of rotatable bonds is 7. The van der Waals surface area contributed by atoms with Gasteiger partial charge in [-0.15, -0.1) is 0 Å². The summed E-state index contributed by atoms with van der Waals surface area (Å²) in [7, 11) is 0.384. The van der Waals surface area contributed by atoms with Crippen LogP contribution < -0.4 is 14.8 Å². The van der Waals surface area contributed by atoms with Crippen molar-refractivity contribution >= 4 is 21.6 Å². The summed E-state index contributed by atoms with van der Waals surface area (Å²) in [6.07, 6.45) is 0. The molecular formula is C18H22N2O5S. The van der Waals surface area contributed by atoms with Crippen molar-refractivity contribution < 1.29 is 22.7 Å². The number of nitrogens with zero attached hydrogens (tertiary/aromatic N) is 1. The first kappa shape index (κ1) is 19.7. The van der Waals surface area contributed by atoms with Crippen LogP contribution >= 0.6 is 0 Å². The minimum atomic E-state index is -3.86. The zero-order valence-electron chi connectivity index (χ0n) is 15.1. The smallest absolute Gasteiger partial charge is 0.243 e. The molecule has 0 fully saturated rings. The number of carbonyl (C=O) groups is 1. The molecule has 0 aromatic heterocycles. The maximum absolute atomic E-state index is 12.7. The Hall–Kier alpha value is -2.58. The molecule has 0 radical (unpaired) electrons. The molecule has 2 rings (SSSR count). The van der Waals surface area contributed by atoms with E-state index in [0.717, 1.165) is 9.87 Å². The molecule has 26 heavy (non-hydrogen) atoms. The number of amides is 1. The molecule has 0 aliphatic heterocycles. The van der Waals surface area contributed by atoms with Crippen LogP contribution in [0.2, 0.25) is 0 Å². The van der Waals surface area contributed by atoms with Gasteiger partial charge in [0.25, 0.3) is 0 Å². The molecular weight excluding hydrogens is 356 g/mol. The van der Waals surface area contributed by atoms with Crippen LogP contribution in [0.25, 0.3) is 0 Å². The fraction of sp³-hybridized carbons (Fsp3) is 0.278. The van der Waals surface area contributed by atoms with Gasteiger partial charge in [0.2, 0.25) is 15.9 Å². The predicted octanol–water partition coefficient (Wildman–Crippen LogP) is 2.27. The van der Waals surface area contributed by atoms with E-state index in [1.54, 1.807) is 12.1 Å². The number of ether oxygens (including phenoxy) is 2. The van der Waals surface area contributed by atoms with E-state index in [2.05, 4.69) is 5.32 Å². The van der Waals surface area contributed by atoms with E-state index in [0.29, 0.717) is 17.2 Å². The summed E-state index contributed by atoms with van der Waals surface area (Å²) in [5.74, 6) is 0.291. The molecule has 0 saturated carbocycles. The van der Waals surface area contributed by atoms with Gasteiger partial charge in [0.15, 0.2) is 11.5 Å². The van der Waals surface area contributed by atoms with Crippen molar-refractivity contribution in [3.05, 3.63) is 48.0 Å². The van der Waals surface area contributed by atoms with Crippen LogP contribution in [0, 0.1) is 6.92 Å². The van der Waals surface area contributed by atoms with Gasteiger partial charge >= 0.3 is 0 Å². The van der Waals surface area contributed by atoms with Crippen LogP contribution in [0.1, 0.15) is 5.56 Å². The van der Waals surface area contributed by atoms with Gasteiger partial charge in [-0.25, -0.2) is 8.42 Å². The molecule has 0 aliphatic rings. The molecule has 2 aromatic carbocycles. The number of hydrogen-bond acceptors (Lipinski definition) is 5. The third-order valence-corrected chi connectivity index (χ3v) is 5.53. The number of anilines is 1. The van der Waals surface area contributed by atoms with E-state index in [-0.39, 0.29) is 11.4 Å². The van der Waals surface area contributed by atoms with Crippen molar-refractivity contribution in [2.45, 2.75) is 11.8 Å². The first-order valence-corrected chi connectivity index (χ1v) is 9.27. The first-order valence-electron chi connectivity index (χ1n) is 7.83. The number of carbonyl (C=O) groups excluding carboxylic acids is 1. The molecule has 0 unspecified atom stereocenters. The lowest BCUT2D eigenvalue weighted by Crippen LogP contribution is -2.35. The van der Waals surface area contributed by atoms with Gasteiger partial charge < -0.3 is 14.8 Å². The molecule has 7 nitrogen and oxygen atoms in total. The van der Waals surface area contributed by atoms with Crippen molar-refractivity contribution in [1.82, 2.24) is 4.31 Å². The van der Waals surface area contributed by atoms with Gasteiger partial charge in [-0.3, -0.25) is 4.79 Å². The number of hydrogen-bond donors (Lipinski definition) is 1. The van der Waals surface area contributed by atoms with Crippen molar-refractivity contribution in [1.29, 1.82) is 0 Å². The molecule has 0 spiro atoms. The normalized spacial score (nSPS) is 11.3. The number of methoxy groups -OCH3 is 2. The van der Waals surface area contributed by atoms with Crippen molar-refractivity contribution in [3.63, 3.8) is 0 Å². The fourth-order valence-corrected chi connectivity index (χ4v) is 3.51. The monoisotopic (exact) mass is 378 g/mol. The van der Waals surface area contributed by atoms with Crippen LogP contribution in [0.4, 0.5) is 5.69 Å². The maximum atomic E-state index is 12.7. The Balaban J connectivity index is 2.14. The maximum Gasteiger partial charge on any atom is 0.243 e. The van der Waals surface area contributed by atoms with E-state index in [1.807, 2.05) is 19.1 Å². The molecule has 0 aliphatic carbocycles. The molecule has 8 heteroatoms. The second-order valence-corrected chi connectivity index (χ2v) is 7.74. The molecule has 0 heterocycles. The fourth-order valence-electron chi connectivity index (χ4n) is 2.37. The SMILES string of the molecule is COc1ccc(S(=O)(=O)N(C)CC(=O)Nc2cccc(C)c2)cc1OC. The second-order valence-electron chi connectivity index (χ2n) is 5.70. The lowest BCUT2D eigenvalue weighted by atomic mass is 10.2. The van der Waals surface area contributed by atoms with E-state index in [4.69, 9.17) is 9.47 Å². The third kappa shape index (κ3) is 4.53. The summed E-state index contributed by atoms with van der Waals surface area (Å²) in [6.45, 7) is 1.59. The Morgan fingerprint density at radius 3 is 2.38 bits per heavy atom. The number of sulfonamides is 1. The summed E-state index contributed by atoms with van der Waals surface area (Å²) >= 11 is 0. The summed E-state index contributed by atoms with van der Waals surface area (Å²) in [5.41, 5.74) is 1.61. The highest BCUT2D eigenvalue weighted by molar-refractivity contribution is 7.89. The molecule has 140 valence electrons. The van der Waals surface area contributed by atoms with Crippen LogP contribution in [-0.4, -0.2) is 46.4 Å². The molecule has 0 saturated heterocycles. The minimum absolute atomic E-state index is 0.0148. The highest BCUT2D eigenvalue weighted by atomic mass is 32.2. The molecule has 1 N–H and O–H groups in total.